The lowest BCUT2D eigenvalue weighted by atomic mass is 9.93. The summed E-state index contributed by atoms with van der Waals surface area (Å²) in [6.45, 7) is -0.684. The number of rotatable bonds is 6. The molecule has 3 aromatic rings. The second-order valence-electron chi connectivity index (χ2n) is 9.90. The Morgan fingerprint density at radius 3 is 2.56 bits per heavy atom. The molecule has 2 aromatic carbocycles. The van der Waals surface area contributed by atoms with Crippen LogP contribution in [0.15, 0.2) is 60.9 Å². The fourth-order valence-electron chi connectivity index (χ4n) is 5.12. The Morgan fingerprint density at radius 1 is 1.15 bits per heavy atom. The summed E-state index contributed by atoms with van der Waals surface area (Å²) in [5.41, 5.74) is 1.44. The summed E-state index contributed by atoms with van der Waals surface area (Å²) in [6.07, 6.45) is -2.47. The van der Waals surface area contributed by atoms with Crippen molar-refractivity contribution in [3.05, 3.63) is 89.0 Å². The number of halogens is 4. The molecule has 0 bridgehead atoms. The van der Waals surface area contributed by atoms with Gasteiger partial charge in [-0.05, 0) is 48.2 Å². The lowest BCUT2D eigenvalue weighted by Gasteiger charge is -2.31. The van der Waals surface area contributed by atoms with Gasteiger partial charge in [0.25, 0.3) is 5.91 Å². The van der Waals surface area contributed by atoms with Crippen LogP contribution in [0, 0.1) is 17.1 Å². The number of hydrogen-bond donors (Lipinski definition) is 0. The molecule has 2 atom stereocenters. The van der Waals surface area contributed by atoms with Crippen LogP contribution >= 0.6 is 0 Å². The van der Waals surface area contributed by atoms with Gasteiger partial charge in [-0.1, -0.05) is 30.3 Å². The van der Waals surface area contributed by atoms with Gasteiger partial charge in [0.2, 0.25) is 11.5 Å². The molecular weight excluding hydrogens is 544 g/mol. The van der Waals surface area contributed by atoms with Crippen molar-refractivity contribution >= 4 is 17.9 Å². The molecule has 12 heteroatoms. The van der Waals surface area contributed by atoms with E-state index in [0.717, 1.165) is 24.6 Å². The van der Waals surface area contributed by atoms with E-state index < -0.39 is 54.6 Å². The van der Waals surface area contributed by atoms with Gasteiger partial charge < -0.3 is 9.64 Å². The quantitative estimate of drug-likeness (QED) is 0.395. The molecule has 2 heterocycles. The Morgan fingerprint density at radius 2 is 1.88 bits per heavy atom. The first-order chi connectivity index (χ1) is 19.4. The molecule has 1 saturated heterocycles. The molecule has 2 aliphatic rings. The normalized spacial score (nSPS) is 18.7. The third kappa shape index (κ3) is 5.11. The van der Waals surface area contributed by atoms with Crippen LogP contribution in [-0.4, -0.2) is 51.5 Å². The molecule has 0 saturated carbocycles. The molecule has 1 unspecified atom stereocenters. The van der Waals surface area contributed by atoms with Gasteiger partial charge in [-0.25, -0.2) is 14.1 Å². The van der Waals surface area contributed by atoms with Gasteiger partial charge in [-0.2, -0.15) is 18.4 Å². The third-order valence-corrected chi connectivity index (χ3v) is 7.38. The predicted molar refractivity (Wildman–Crippen MR) is 135 cm³/mol. The van der Waals surface area contributed by atoms with Crippen LogP contribution in [0.4, 0.5) is 22.4 Å². The zero-order valence-corrected chi connectivity index (χ0v) is 21.6. The van der Waals surface area contributed by atoms with Gasteiger partial charge in [-0.3, -0.25) is 14.6 Å². The molecule has 41 heavy (non-hydrogen) atoms. The van der Waals surface area contributed by atoms with Crippen LogP contribution in [0.2, 0.25) is 0 Å². The number of pyridine rings is 1. The van der Waals surface area contributed by atoms with Crippen LogP contribution in [0.3, 0.4) is 0 Å². The lowest BCUT2D eigenvalue weighted by Crippen LogP contribution is -2.51. The van der Waals surface area contributed by atoms with Crippen molar-refractivity contribution in [3.63, 3.8) is 0 Å². The maximum absolute atomic E-state index is 13.7. The first-order valence-corrected chi connectivity index (χ1v) is 12.6. The standard InChI is InChI=1S/C29H22F4N4O4/c1-17(29(31,32)33)36(15-18-2-5-23(30)6-3-18)25(38)16-37-26(39)28(41-27(37)40)9-8-21-11-20(4-7-24(21)28)22-10-19(12-34)13-35-14-22/h2-7,10-11,13-14,17H,8-9,15-16H2,1H3/t17?,28-/m1/s1. The lowest BCUT2D eigenvalue weighted by molar-refractivity contribution is -0.187. The smallest absolute Gasteiger partial charge is 0.418 e. The zero-order valence-electron chi connectivity index (χ0n) is 21.6. The average Bonchev–Trinajstić information content (AvgIpc) is 3.43. The summed E-state index contributed by atoms with van der Waals surface area (Å²) in [5.74, 6) is -2.56. The van der Waals surface area contributed by atoms with E-state index in [-0.39, 0.29) is 12.0 Å². The molecular formula is C29H22F4N4O4. The number of nitrogens with zero attached hydrogens (tertiary/aromatic N) is 4. The van der Waals surface area contributed by atoms with Gasteiger partial charge in [0.15, 0.2) is 0 Å². The minimum Gasteiger partial charge on any atom is -0.427 e. The summed E-state index contributed by atoms with van der Waals surface area (Å²) in [4.78, 5) is 44.7. The number of aromatic nitrogens is 1. The van der Waals surface area contributed by atoms with Gasteiger partial charge in [0.05, 0.1) is 5.56 Å². The topological polar surface area (TPSA) is 104 Å². The summed E-state index contributed by atoms with van der Waals surface area (Å²) in [7, 11) is 0. The molecule has 8 nitrogen and oxygen atoms in total. The Balaban J connectivity index is 1.39. The largest absolute Gasteiger partial charge is 0.427 e. The zero-order chi connectivity index (χ0) is 29.5. The van der Waals surface area contributed by atoms with E-state index in [0.29, 0.717) is 38.5 Å². The molecule has 1 aliphatic heterocycles. The van der Waals surface area contributed by atoms with E-state index >= 15 is 0 Å². The van der Waals surface area contributed by atoms with Gasteiger partial charge >= 0.3 is 12.3 Å². The number of carbonyl (C=O) groups is 3. The van der Waals surface area contributed by atoms with Crippen molar-refractivity contribution < 1.29 is 36.7 Å². The van der Waals surface area contributed by atoms with Gasteiger partial charge in [0.1, 0.15) is 24.5 Å². The summed E-state index contributed by atoms with van der Waals surface area (Å²) < 4.78 is 59.8. The van der Waals surface area contributed by atoms with Crippen molar-refractivity contribution in [2.24, 2.45) is 0 Å². The molecule has 1 fully saturated rings. The number of benzene rings is 2. The molecule has 5 rings (SSSR count). The molecule has 0 radical (unpaired) electrons. The highest BCUT2D eigenvalue weighted by molar-refractivity contribution is 6.06. The van der Waals surface area contributed by atoms with Crippen molar-refractivity contribution in [1.82, 2.24) is 14.8 Å². The highest BCUT2D eigenvalue weighted by atomic mass is 19.4. The molecule has 210 valence electrons. The number of imide groups is 1. The van der Waals surface area contributed by atoms with E-state index in [1.165, 1.54) is 18.3 Å². The van der Waals surface area contributed by atoms with Crippen molar-refractivity contribution in [2.75, 3.05) is 6.54 Å². The van der Waals surface area contributed by atoms with Crippen LogP contribution in [0.5, 0.6) is 0 Å². The van der Waals surface area contributed by atoms with E-state index in [2.05, 4.69) is 4.98 Å². The minimum absolute atomic E-state index is 0.0930. The number of hydrogen-bond acceptors (Lipinski definition) is 6. The number of nitriles is 1. The predicted octanol–water partition coefficient (Wildman–Crippen LogP) is 4.86. The Kier molecular flexibility index (Phi) is 6.98. The molecule has 1 spiro atoms. The second-order valence-corrected chi connectivity index (χ2v) is 9.90. The monoisotopic (exact) mass is 566 g/mol. The van der Waals surface area contributed by atoms with Crippen molar-refractivity contribution in [1.29, 1.82) is 5.26 Å². The first kappa shape index (κ1) is 27.8. The van der Waals surface area contributed by atoms with E-state index in [1.54, 1.807) is 30.5 Å². The first-order valence-electron chi connectivity index (χ1n) is 12.6. The van der Waals surface area contributed by atoms with E-state index in [1.807, 2.05) is 6.07 Å². The average molecular weight is 567 g/mol. The second kappa shape index (κ2) is 10.3. The SMILES string of the molecule is CC(N(Cc1ccc(F)cc1)C(=O)CN1C(=O)O[C@@]2(CCc3cc(-c4cncc(C#N)c4)ccc32)C1=O)C(F)(F)F. The summed E-state index contributed by atoms with van der Waals surface area (Å²) in [5, 5.41) is 9.16. The fraction of sp³-hybridized carbons (Fsp3) is 0.276. The molecule has 1 aliphatic carbocycles. The minimum atomic E-state index is -4.79. The molecule has 0 N–H and O–H groups in total. The van der Waals surface area contributed by atoms with E-state index in [9.17, 15) is 31.9 Å². The maximum Gasteiger partial charge on any atom is 0.418 e. The number of fused-ring (bicyclic) bond motifs is 2. The number of carbonyl (C=O) groups excluding carboxylic acids is 3. The van der Waals surface area contributed by atoms with Crippen LogP contribution in [0.25, 0.3) is 11.1 Å². The third-order valence-electron chi connectivity index (χ3n) is 7.38. The highest BCUT2D eigenvalue weighted by Crippen LogP contribution is 2.46. The fourth-order valence-corrected chi connectivity index (χ4v) is 5.12. The maximum atomic E-state index is 13.7. The Bertz CT molecular complexity index is 1580. The molecule has 1 aromatic heterocycles. The number of aryl methyl sites for hydroxylation is 1. The van der Waals surface area contributed by atoms with Crippen molar-refractivity contribution in [3.8, 4) is 17.2 Å². The van der Waals surface area contributed by atoms with Crippen LogP contribution in [0.1, 0.15) is 35.6 Å². The number of ether oxygens (including phenoxy) is 1. The Labute approximate surface area is 231 Å². The number of amides is 3. The van der Waals surface area contributed by atoms with Gasteiger partial charge in [-0.15, -0.1) is 0 Å². The van der Waals surface area contributed by atoms with Gasteiger partial charge in [0, 0.05) is 36.5 Å². The Hall–Kier alpha value is -4.79. The van der Waals surface area contributed by atoms with Crippen molar-refractivity contribution in [2.45, 2.75) is 44.1 Å². The van der Waals surface area contributed by atoms with E-state index in [4.69, 9.17) is 10.00 Å². The summed E-state index contributed by atoms with van der Waals surface area (Å²) >= 11 is 0. The highest BCUT2D eigenvalue weighted by Gasteiger charge is 2.58. The van der Waals surface area contributed by atoms with Crippen LogP contribution < -0.4 is 0 Å². The molecule has 3 amide bonds. The summed E-state index contributed by atoms with van der Waals surface area (Å²) in [6, 6.07) is 11.2. The van der Waals surface area contributed by atoms with Crippen LogP contribution in [-0.2, 0) is 32.9 Å². The number of alkyl halides is 3.